The Bertz CT molecular complexity index is 572. The number of hydrogen-bond acceptors (Lipinski definition) is 1. The normalized spacial score (nSPS) is 9.89. The van der Waals surface area contributed by atoms with Gasteiger partial charge in [0.2, 0.25) is 0 Å². The van der Waals surface area contributed by atoms with Gasteiger partial charge in [0.25, 0.3) is 0 Å². The lowest BCUT2D eigenvalue weighted by Gasteiger charge is -2.09. The molecule has 0 fully saturated rings. The minimum absolute atomic E-state index is 0.278. The molecule has 2 rings (SSSR count). The molecule has 0 radical (unpaired) electrons. The van der Waals surface area contributed by atoms with E-state index in [1.807, 2.05) is 48.5 Å². The number of carbonyl (C=O) groups is 1. The van der Waals surface area contributed by atoms with Gasteiger partial charge >= 0.3 is 6.03 Å². The van der Waals surface area contributed by atoms with Crippen LogP contribution >= 0.6 is 31.9 Å². The highest BCUT2D eigenvalue weighted by Gasteiger charge is 2.04. The quantitative estimate of drug-likeness (QED) is 0.780. The molecule has 2 N–H and O–H groups in total. The van der Waals surface area contributed by atoms with Crippen LogP contribution in [-0.2, 0) is 0 Å². The van der Waals surface area contributed by atoms with E-state index in [4.69, 9.17) is 0 Å². The van der Waals surface area contributed by atoms with Crippen molar-refractivity contribution in [1.29, 1.82) is 0 Å². The maximum Gasteiger partial charge on any atom is 0.323 e. The third kappa shape index (κ3) is 3.58. The van der Waals surface area contributed by atoms with Crippen LogP contribution in [0.4, 0.5) is 16.2 Å². The molecule has 0 unspecified atom stereocenters. The molecule has 0 spiro atoms. The summed E-state index contributed by atoms with van der Waals surface area (Å²) in [5, 5.41) is 5.52. The van der Waals surface area contributed by atoms with E-state index in [-0.39, 0.29) is 6.03 Å². The lowest BCUT2D eigenvalue weighted by molar-refractivity contribution is 0.262. The van der Waals surface area contributed by atoms with Crippen molar-refractivity contribution in [3.63, 3.8) is 0 Å². The second kappa shape index (κ2) is 6.02. The highest BCUT2D eigenvalue weighted by Crippen LogP contribution is 2.21. The number of halogens is 2. The Balaban J connectivity index is 2.03. The zero-order valence-electron chi connectivity index (χ0n) is 9.28. The molecule has 0 saturated carbocycles. The van der Waals surface area contributed by atoms with Crippen LogP contribution in [0.1, 0.15) is 0 Å². The van der Waals surface area contributed by atoms with E-state index in [2.05, 4.69) is 42.5 Å². The summed E-state index contributed by atoms with van der Waals surface area (Å²) in [4.78, 5) is 11.8. The van der Waals surface area contributed by atoms with Gasteiger partial charge in [-0.05, 0) is 46.3 Å². The van der Waals surface area contributed by atoms with Crippen LogP contribution in [0.15, 0.2) is 57.5 Å². The minimum atomic E-state index is -0.278. The fraction of sp³-hybridized carbons (Fsp3) is 0. The van der Waals surface area contributed by atoms with Gasteiger partial charge in [0.1, 0.15) is 0 Å². The van der Waals surface area contributed by atoms with Gasteiger partial charge in [0, 0.05) is 14.6 Å². The summed E-state index contributed by atoms with van der Waals surface area (Å²) in [5.41, 5.74) is 1.46. The average molecular weight is 370 g/mol. The topological polar surface area (TPSA) is 41.1 Å². The van der Waals surface area contributed by atoms with Crippen LogP contribution in [0.3, 0.4) is 0 Å². The van der Waals surface area contributed by atoms with Gasteiger partial charge in [-0.15, -0.1) is 0 Å². The molecule has 0 aromatic heterocycles. The maximum absolute atomic E-state index is 11.8. The fourth-order valence-electron chi connectivity index (χ4n) is 1.41. The predicted octanol–water partition coefficient (Wildman–Crippen LogP) is 4.86. The van der Waals surface area contributed by atoms with Crippen molar-refractivity contribution in [2.75, 3.05) is 10.6 Å². The van der Waals surface area contributed by atoms with Gasteiger partial charge in [-0.2, -0.15) is 0 Å². The van der Waals surface area contributed by atoms with E-state index in [1.54, 1.807) is 0 Å². The molecule has 0 saturated heterocycles. The average Bonchev–Trinajstić information content (AvgIpc) is 2.32. The first-order valence-electron chi connectivity index (χ1n) is 5.23. The summed E-state index contributed by atoms with van der Waals surface area (Å²) >= 11 is 6.72. The van der Waals surface area contributed by atoms with Crippen LogP contribution in [-0.4, -0.2) is 6.03 Å². The first-order valence-corrected chi connectivity index (χ1v) is 6.82. The van der Waals surface area contributed by atoms with Crippen molar-refractivity contribution in [1.82, 2.24) is 0 Å². The van der Waals surface area contributed by atoms with Gasteiger partial charge in [0.15, 0.2) is 0 Å². The van der Waals surface area contributed by atoms with Gasteiger partial charge < -0.3 is 10.6 Å². The van der Waals surface area contributed by atoms with Crippen molar-refractivity contribution < 1.29 is 4.79 Å². The third-order valence-corrected chi connectivity index (χ3v) is 3.39. The summed E-state index contributed by atoms with van der Waals surface area (Å²) in [5.74, 6) is 0. The molecule has 5 heteroatoms. The summed E-state index contributed by atoms with van der Waals surface area (Å²) < 4.78 is 1.76. The van der Waals surface area contributed by atoms with Gasteiger partial charge in [-0.3, -0.25) is 0 Å². The van der Waals surface area contributed by atoms with Crippen molar-refractivity contribution in [2.24, 2.45) is 0 Å². The lowest BCUT2D eigenvalue weighted by atomic mass is 10.3. The lowest BCUT2D eigenvalue weighted by Crippen LogP contribution is -2.19. The highest BCUT2D eigenvalue weighted by molar-refractivity contribution is 9.10. The molecule has 2 aromatic carbocycles. The standard InChI is InChI=1S/C13H10Br2N2O/c14-9-4-3-5-10(8-9)16-13(18)17-12-7-2-1-6-11(12)15/h1-8H,(H2,16,17,18). The van der Waals surface area contributed by atoms with Crippen molar-refractivity contribution in [2.45, 2.75) is 0 Å². The number of para-hydroxylation sites is 1. The molecule has 0 aliphatic heterocycles. The Labute approximate surface area is 122 Å². The minimum Gasteiger partial charge on any atom is -0.308 e. The fourth-order valence-corrected chi connectivity index (χ4v) is 2.20. The third-order valence-electron chi connectivity index (χ3n) is 2.20. The van der Waals surface area contributed by atoms with Crippen LogP contribution < -0.4 is 10.6 Å². The van der Waals surface area contributed by atoms with Crippen molar-refractivity contribution in [3.8, 4) is 0 Å². The predicted molar refractivity (Wildman–Crippen MR) is 80.9 cm³/mol. The molecule has 2 aromatic rings. The second-order valence-corrected chi connectivity index (χ2v) is 5.34. The molecule has 0 aliphatic carbocycles. The molecule has 0 aliphatic rings. The summed E-state index contributed by atoms with van der Waals surface area (Å²) in [6.45, 7) is 0. The van der Waals surface area contributed by atoms with Crippen LogP contribution in [0.25, 0.3) is 0 Å². The highest BCUT2D eigenvalue weighted by atomic mass is 79.9. The molecule has 2 amide bonds. The number of carbonyl (C=O) groups excluding carboxylic acids is 1. The SMILES string of the molecule is O=C(Nc1cccc(Br)c1)Nc1ccccc1Br. The van der Waals surface area contributed by atoms with E-state index >= 15 is 0 Å². The van der Waals surface area contributed by atoms with Crippen LogP contribution in [0, 0.1) is 0 Å². The van der Waals surface area contributed by atoms with E-state index in [0.29, 0.717) is 0 Å². The number of anilines is 2. The Morgan fingerprint density at radius 3 is 2.44 bits per heavy atom. The number of nitrogens with one attached hydrogen (secondary N) is 2. The zero-order valence-corrected chi connectivity index (χ0v) is 12.5. The van der Waals surface area contributed by atoms with E-state index in [9.17, 15) is 4.79 Å². The Kier molecular flexibility index (Phi) is 4.38. The van der Waals surface area contributed by atoms with Crippen LogP contribution in [0.5, 0.6) is 0 Å². The summed E-state index contributed by atoms with van der Waals surface area (Å²) in [7, 11) is 0. The van der Waals surface area contributed by atoms with E-state index < -0.39 is 0 Å². The molecule has 3 nitrogen and oxygen atoms in total. The molecule has 18 heavy (non-hydrogen) atoms. The van der Waals surface area contributed by atoms with Crippen LogP contribution in [0.2, 0.25) is 0 Å². The van der Waals surface area contributed by atoms with Crippen molar-refractivity contribution >= 4 is 49.3 Å². The molecule has 92 valence electrons. The van der Waals surface area contributed by atoms with E-state index in [0.717, 1.165) is 20.3 Å². The van der Waals surface area contributed by atoms with Gasteiger partial charge in [-0.1, -0.05) is 34.1 Å². The number of amides is 2. The maximum atomic E-state index is 11.8. The smallest absolute Gasteiger partial charge is 0.308 e. The first kappa shape index (κ1) is 13.1. The second-order valence-electron chi connectivity index (χ2n) is 3.57. The summed E-state index contributed by atoms with van der Waals surface area (Å²) in [6, 6.07) is 14.6. The molecule has 0 bridgehead atoms. The monoisotopic (exact) mass is 368 g/mol. The molecular formula is C13H10Br2N2O. The Morgan fingerprint density at radius 1 is 0.944 bits per heavy atom. The van der Waals surface area contributed by atoms with Crippen molar-refractivity contribution in [3.05, 3.63) is 57.5 Å². The Morgan fingerprint density at radius 2 is 1.72 bits per heavy atom. The number of rotatable bonds is 2. The molecule has 0 heterocycles. The Hall–Kier alpha value is -1.33. The number of hydrogen-bond donors (Lipinski definition) is 2. The number of urea groups is 1. The van der Waals surface area contributed by atoms with Gasteiger partial charge in [0.05, 0.1) is 5.69 Å². The summed E-state index contributed by atoms with van der Waals surface area (Å²) in [6.07, 6.45) is 0. The zero-order chi connectivity index (χ0) is 13.0. The number of benzene rings is 2. The largest absolute Gasteiger partial charge is 0.323 e. The van der Waals surface area contributed by atoms with Gasteiger partial charge in [-0.25, -0.2) is 4.79 Å². The van der Waals surface area contributed by atoms with E-state index in [1.165, 1.54) is 0 Å². The first-order chi connectivity index (χ1) is 8.65. The molecule has 0 atom stereocenters. The molecular weight excluding hydrogens is 360 g/mol.